The normalized spacial score (nSPS) is 15.8. The maximum absolute atomic E-state index is 11.5. The molecule has 0 radical (unpaired) electrons. The molecule has 6 nitrogen and oxygen atoms in total. The van der Waals surface area contributed by atoms with E-state index in [4.69, 9.17) is 5.11 Å². The van der Waals surface area contributed by atoms with Crippen molar-refractivity contribution in [1.29, 1.82) is 0 Å². The predicted molar refractivity (Wildman–Crippen MR) is 63.5 cm³/mol. The summed E-state index contributed by atoms with van der Waals surface area (Å²) in [6.45, 7) is 3.67. The van der Waals surface area contributed by atoms with Gasteiger partial charge in [-0.05, 0) is 33.7 Å². The van der Waals surface area contributed by atoms with Crippen LogP contribution >= 0.6 is 0 Å². The first-order chi connectivity index (χ1) is 7.85. The molecule has 1 fully saturated rings. The highest BCUT2D eigenvalue weighted by atomic mass is 16.3. The van der Waals surface area contributed by atoms with Crippen LogP contribution in [0.3, 0.4) is 0 Å². The molecule has 0 unspecified atom stereocenters. The third kappa shape index (κ3) is 4.70. The number of nitrogens with zero attached hydrogens (tertiary/aromatic N) is 1. The van der Waals surface area contributed by atoms with Crippen molar-refractivity contribution >= 4 is 11.9 Å². The highest BCUT2D eigenvalue weighted by Crippen LogP contribution is 2.18. The Balaban J connectivity index is 2.30. The molecule has 1 aliphatic rings. The van der Waals surface area contributed by atoms with E-state index in [1.54, 1.807) is 11.9 Å². The molecular formula is C11H21N3O3. The Morgan fingerprint density at radius 3 is 2.47 bits per heavy atom. The number of aliphatic hydroxyl groups is 1. The standard InChI is InChI=1S/C11H21N3O3/c1-11(2,7-15)14(3)6-9(16)13-10(17)12-8-4-5-8/h8,15H,4-7H2,1-3H3,(H2,12,13,16,17). The van der Waals surface area contributed by atoms with Crippen molar-refractivity contribution in [2.45, 2.75) is 38.3 Å². The van der Waals surface area contributed by atoms with Gasteiger partial charge in [-0.15, -0.1) is 0 Å². The Labute approximate surface area is 101 Å². The summed E-state index contributed by atoms with van der Waals surface area (Å²) in [6, 6.07) is -0.206. The molecule has 0 atom stereocenters. The summed E-state index contributed by atoms with van der Waals surface area (Å²) >= 11 is 0. The lowest BCUT2D eigenvalue weighted by Crippen LogP contribution is -2.51. The summed E-state index contributed by atoms with van der Waals surface area (Å²) in [6.07, 6.45) is 1.97. The zero-order valence-corrected chi connectivity index (χ0v) is 10.6. The number of hydrogen-bond acceptors (Lipinski definition) is 4. The first-order valence-electron chi connectivity index (χ1n) is 5.77. The largest absolute Gasteiger partial charge is 0.394 e. The topological polar surface area (TPSA) is 81.7 Å². The van der Waals surface area contributed by atoms with Gasteiger partial charge < -0.3 is 10.4 Å². The molecule has 0 aromatic heterocycles. The summed E-state index contributed by atoms with van der Waals surface area (Å²) < 4.78 is 0. The van der Waals surface area contributed by atoms with Crippen LogP contribution in [-0.2, 0) is 4.79 Å². The van der Waals surface area contributed by atoms with Gasteiger partial charge in [-0.1, -0.05) is 0 Å². The summed E-state index contributed by atoms with van der Waals surface area (Å²) in [7, 11) is 1.73. The number of rotatable bonds is 5. The zero-order chi connectivity index (χ0) is 13.1. The molecule has 98 valence electrons. The third-order valence-corrected chi connectivity index (χ3v) is 2.97. The second kappa shape index (κ2) is 5.46. The van der Waals surface area contributed by atoms with E-state index in [0.717, 1.165) is 12.8 Å². The maximum atomic E-state index is 11.5. The number of likely N-dealkylation sites (N-methyl/N-ethyl adjacent to an activating group) is 1. The number of urea groups is 1. The molecule has 1 saturated carbocycles. The predicted octanol–water partition coefficient (Wildman–Crippen LogP) is -0.323. The molecule has 3 amide bonds. The van der Waals surface area contributed by atoms with Crippen molar-refractivity contribution < 1.29 is 14.7 Å². The van der Waals surface area contributed by atoms with Gasteiger partial charge in [0.15, 0.2) is 0 Å². The lowest BCUT2D eigenvalue weighted by atomic mass is 10.1. The fourth-order valence-electron chi connectivity index (χ4n) is 1.17. The first-order valence-corrected chi connectivity index (χ1v) is 5.77. The number of hydrogen-bond donors (Lipinski definition) is 3. The van der Waals surface area contributed by atoms with E-state index in [1.807, 2.05) is 13.8 Å². The van der Waals surface area contributed by atoms with Crippen LogP contribution in [0, 0.1) is 0 Å². The molecule has 3 N–H and O–H groups in total. The van der Waals surface area contributed by atoms with Gasteiger partial charge in [0.25, 0.3) is 0 Å². The van der Waals surface area contributed by atoms with Gasteiger partial charge in [-0.25, -0.2) is 4.79 Å². The summed E-state index contributed by atoms with van der Waals surface area (Å²) in [4.78, 5) is 24.5. The number of amides is 3. The molecule has 0 heterocycles. The van der Waals surface area contributed by atoms with Crippen LogP contribution < -0.4 is 10.6 Å². The number of imide groups is 1. The van der Waals surface area contributed by atoms with E-state index >= 15 is 0 Å². The number of nitrogens with one attached hydrogen (secondary N) is 2. The minimum atomic E-state index is -0.482. The van der Waals surface area contributed by atoms with Gasteiger partial charge in [-0.2, -0.15) is 0 Å². The van der Waals surface area contributed by atoms with Crippen LogP contribution in [0.2, 0.25) is 0 Å². The van der Waals surface area contributed by atoms with Crippen molar-refractivity contribution in [2.75, 3.05) is 20.2 Å². The molecule has 0 aliphatic heterocycles. The third-order valence-electron chi connectivity index (χ3n) is 2.97. The fraction of sp³-hybridized carbons (Fsp3) is 0.818. The number of carbonyl (C=O) groups is 2. The Morgan fingerprint density at radius 2 is 2.00 bits per heavy atom. The SMILES string of the molecule is CN(CC(=O)NC(=O)NC1CC1)C(C)(C)CO. The Bertz CT molecular complexity index is 300. The molecule has 17 heavy (non-hydrogen) atoms. The van der Waals surface area contributed by atoms with Gasteiger partial charge >= 0.3 is 6.03 Å². The average Bonchev–Trinajstić information content (AvgIpc) is 3.00. The molecule has 0 aromatic carbocycles. The van der Waals surface area contributed by atoms with Crippen LogP contribution in [0.1, 0.15) is 26.7 Å². The van der Waals surface area contributed by atoms with Gasteiger partial charge in [0.1, 0.15) is 0 Å². The van der Waals surface area contributed by atoms with Gasteiger partial charge in [-0.3, -0.25) is 15.0 Å². The van der Waals surface area contributed by atoms with Crippen LogP contribution in [0.15, 0.2) is 0 Å². The molecule has 6 heteroatoms. The second-order valence-corrected chi connectivity index (χ2v) is 5.12. The van der Waals surface area contributed by atoms with E-state index in [0.29, 0.717) is 0 Å². The summed E-state index contributed by atoms with van der Waals surface area (Å²) in [5, 5.41) is 14.1. The molecule has 0 spiro atoms. The van der Waals surface area contributed by atoms with Crippen LogP contribution in [0.25, 0.3) is 0 Å². The minimum Gasteiger partial charge on any atom is -0.394 e. The van der Waals surface area contributed by atoms with Crippen molar-refractivity contribution in [3.05, 3.63) is 0 Å². The summed E-state index contributed by atoms with van der Waals surface area (Å²) in [5.74, 6) is -0.368. The highest BCUT2D eigenvalue weighted by molar-refractivity contribution is 5.95. The number of aliphatic hydroxyl groups excluding tert-OH is 1. The Hall–Kier alpha value is -1.14. The van der Waals surface area contributed by atoms with Crippen molar-refractivity contribution in [1.82, 2.24) is 15.5 Å². The first kappa shape index (κ1) is 13.9. The average molecular weight is 243 g/mol. The van der Waals surface area contributed by atoms with E-state index in [-0.39, 0.29) is 25.1 Å². The van der Waals surface area contributed by atoms with E-state index in [2.05, 4.69) is 10.6 Å². The molecule has 0 saturated heterocycles. The maximum Gasteiger partial charge on any atom is 0.321 e. The minimum absolute atomic E-state index is 0.0505. The van der Waals surface area contributed by atoms with Crippen molar-refractivity contribution in [3.8, 4) is 0 Å². The monoisotopic (exact) mass is 243 g/mol. The zero-order valence-electron chi connectivity index (χ0n) is 10.6. The van der Waals surface area contributed by atoms with Gasteiger partial charge in [0.2, 0.25) is 5.91 Å². The molecule has 1 aliphatic carbocycles. The van der Waals surface area contributed by atoms with E-state index in [9.17, 15) is 9.59 Å². The number of carbonyl (C=O) groups excluding carboxylic acids is 2. The van der Waals surface area contributed by atoms with Gasteiger partial charge in [0, 0.05) is 11.6 Å². The van der Waals surface area contributed by atoms with Crippen LogP contribution in [0.5, 0.6) is 0 Å². The Morgan fingerprint density at radius 1 is 1.41 bits per heavy atom. The second-order valence-electron chi connectivity index (χ2n) is 5.12. The lowest BCUT2D eigenvalue weighted by molar-refractivity contribution is -0.122. The quantitative estimate of drug-likeness (QED) is 0.618. The molecule has 1 rings (SSSR count). The van der Waals surface area contributed by atoms with Crippen LogP contribution in [-0.4, -0.2) is 53.7 Å². The van der Waals surface area contributed by atoms with Crippen molar-refractivity contribution in [2.24, 2.45) is 0 Å². The molecular weight excluding hydrogens is 222 g/mol. The summed E-state index contributed by atoms with van der Waals surface area (Å²) in [5.41, 5.74) is -0.482. The van der Waals surface area contributed by atoms with Gasteiger partial charge in [0.05, 0.1) is 13.2 Å². The van der Waals surface area contributed by atoms with Crippen molar-refractivity contribution in [3.63, 3.8) is 0 Å². The smallest absolute Gasteiger partial charge is 0.321 e. The molecule has 0 aromatic rings. The fourth-order valence-corrected chi connectivity index (χ4v) is 1.17. The van der Waals surface area contributed by atoms with E-state index < -0.39 is 11.6 Å². The lowest BCUT2D eigenvalue weighted by Gasteiger charge is -2.33. The van der Waals surface area contributed by atoms with E-state index in [1.165, 1.54) is 0 Å². The Kier molecular flexibility index (Phi) is 4.47. The molecule has 0 bridgehead atoms. The highest BCUT2D eigenvalue weighted by Gasteiger charge is 2.26. The van der Waals surface area contributed by atoms with Crippen LogP contribution in [0.4, 0.5) is 4.79 Å².